The zero-order chi connectivity index (χ0) is 46.7. The molecular formula is C61H65N4OPt-3. The molecule has 0 fully saturated rings. The summed E-state index contributed by atoms with van der Waals surface area (Å²) >= 11 is 0. The van der Waals surface area contributed by atoms with Crippen molar-refractivity contribution in [3.05, 3.63) is 174 Å². The Bertz CT molecular complexity index is 3050. The molecule has 0 N–H and O–H groups in total. The number of rotatable bonds is 12. The first-order valence-electron chi connectivity index (χ1n) is 24.1. The molecule has 67 heavy (non-hydrogen) atoms. The number of hydrogen-bond acceptors (Lipinski definition) is 4. The van der Waals surface area contributed by atoms with Crippen LogP contribution in [0.3, 0.4) is 0 Å². The monoisotopic (exact) mass is 1060 g/mol. The topological polar surface area (TPSA) is 33.5 Å². The van der Waals surface area contributed by atoms with Crippen LogP contribution in [0.4, 0.5) is 22.7 Å². The number of benzene rings is 6. The number of para-hydroxylation sites is 3. The van der Waals surface area contributed by atoms with Gasteiger partial charge in [-0.15, -0.1) is 53.6 Å². The summed E-state index contributed by atoms with van der Waals surface area (Å²) in [7, 11) is 0. The number of aromatic nitrogens is 2. The minimum absolute atomic E-state index is 0. The van der Waals surface area contributed by atoms with E-state index in [0.717, 1.165) is 68.8 Å². The van der Waals surface area contributed by atoms with Gasteiger partial charge >= 0.3 is 0 Å². The maximum Gasteiger partial charge on any atom is 0.135 e. The first-order chi connectivity index (χ1) is 31.6. The SMILES string of the molecule is CCC(C)(CC)c1cccc(N2[CH-]N(c3[c-]c(Oc4[c-]c5c(cc4)c4ccccc4n5-c4cc(C(C)(C)C)ccn4)cc(-c4c(C(C)C)cc(C(C)C)cc4C(C)C)c3)c3ccccc32)c1.[Pt]. The zero-order valence-corrected chi connectivity index (χ0v) is 43.6. The maximum atomic E-state index is 7.05. The average Bonchev–Trinajstić information content (AvgIpc) is 3.86. The van der Waals surface area contributed by atoms with Crippen LogP contribution < -0.4 is 14.5 Å². The smallest absolute Gasteiger partial charge is 0.135 e. The van der Waals surface area contributed by atoms with Crippen LogP contribution in [0.5, 0.6) is 11.5 Å². The van der Waals surface area contributed by atoms with E-state index in [4.69, 9.17) is 9.72 Å². The van der Waals surface area contributed by atoms with Crippen molar-refractivity contribution in [3.63, 3.8) is 0 Å². The van der Waals surface area contributed by atoms with E-state index in [-0.39, 0.29) is 31.9 Å². The third-order valence-electron chi connectivity index (χ3n) is 14.1. The molecule has 0 radical (unpaired) electrons. The second-order valence-electron chi connectivity index (χ2n) is 20.5. The summed E-state index contributed by atoms with van der Waals surface area (Å²) < 4.78 is 9.28. The van der Waals surface area contributed by atoms with Gasteiger partial charge in [0.05, 0.1) is 0 Å². The van der Waals surface area contributed by atoms with Crippen LogP contribution in [0, 0.1) is 18.8 Å². The Hall–Kier alpha value is -5.64. The Labute approximate surface area is 414 Å². The first kappa shape index (κ1) is 47.8. The average molecular weight is 1070 g/mol. The van der Waals surface area contributed by atoms with Crippen molar-refractivity contribution in [2.24, 2.45) is 0 Å². The third kappa shape index (κ3) is 8.97. The molecule has 0 saturated carbocycles. The van der Waals surface area contributed by atoms with E-state index >= 15 is 0 Å². The molecule has 2 aromatic heterocycles. The molecule has 5 nitrogen and oxygen atoms in total. The van der Waals surface area contributed by atoms with E-state index in [1.165, 1.54) is 33.4 Å². The largest absolute Gasteiger partial charge is 0.509 e. The standard InChI is InChI=1S/C61H65N4O.Pt/c1-13-61(12,14-2)45-20-19-21-46(34-45)63-38-64(56-25-18-17-24-55(56)63)47-30-43(59-52(40(5)6)32-42(39(3)4)33-53(59)41(7)8)31-49(36-47)66-48-26-27-51-50-22-15-16-23-54(50)65(57(51)37-48)58-35-44(28-29-62-58)60(9,10)11;/h15-35,38-41H,13-14H2,1-12H3;/q-3;. The van der Waals surface area contributed by atoms with Gasteiger partial charge in [0.15, 0.2) is 0 Å². The molecule has 6 heteroatoms. The van der Waals surface area contributed by atoms with E-state index in [1.807, 2.05) is 12.3 Å². The van der Waals surface area contributed by atoms with Gasteiger partial charge in [0.25, 0.3) is 0 Å². The minimum Gasteiger partial charge on any atom is -0.509 e. The Balaban J connectivity index is 0.00000608. The van der Waals surface area contributed by atoms with E-state index in [0.29, 0.717) is 29.3 Å². The van der Waals surface area contributed by atoms with Gasteiger partial charge in [-0.1, -0.05) is 143 Å². The van der Waals surface area contributed by atoms with Crippen LogP contribution in [-0.2, 0) is 31.9 Å². The zero-order valence-electron chi connectivity index (χ0n) is 41.4. The fourth-order valence-electron chi connectivity index (χ4n) is 9.64. The fourth-order valence-corrected chi connectivity index (χ4v) is 9.64. The van der Waals surface area contributed by atoms with Crippen molar-refractivity contribution >= 4 is 44.6 Å². The van der Waals surface area contributed by atoms with E-state index in [2.05, 4.69) is 232 Å². The van der Waals surface area contributed by atoms with Crippen molar-refractivity contribution in [1.29, 1.82) is 0 Å². The number of pyridine rings is 1. The van der Waals surface area contributed by atoms with Gasteiger partial charge in [0.2, 0.25) is 0 Å². The minimum atomic E-state index is -0.0349. The fraction of sp³-hybridized carbons (Fsp3) is 0.311. The number of anilines is 4. The Morgan fingerprint density at radius 1 is 0.627 bits per heavy atom. The van der Waals surface area contributed by atoms with Gasteiger partial charge in [-0.25, -0.2) is 4.98 Å². The molecule has 0 unspecified atom stereocenters. The molecule has 0 saturated heterocycles. The normalized spacial score (nSPS) is 13.1. The van der Waals surface area contributed by atoms with Gasteiger partial charge < -0.3 is 19.1 Å². The first-order valence-corrected chi connectivity index (χ1v) is 24.1. The molecule has 1 aliphatic rings. The molecular weight excluding hydrogens is 1000 g/mol. The van der Waals surface area contributed by atoms with E-state index in [9.17, 15) is 0 Å². The third-order valence-corrected chi connectivity index (χ3v) is 14.1. The maximum absolute atomic E-state index is 7.05. The molecule has 0 atom stereocenters. The van der Waals surface area contributed by atoms with Gasteiger partial charge in [0.1, 0.15) is 5.82 Å². The van der Waals surface area contributed by atoms with Crippen molar-refractivity contribution < 1.29 is 25.8 Å². The van der Waals surface area contributed by atoms with Gasteiger partial charge in [-0.3, -0.25) is 0 Å². The molecule has 1 aliphatic heterocycles. The quantitative estimate of drug-likeness (QED) is 0.114. The number of nitrogens with zero attached hydrogens (tertiary/aromatic N) is 4. The molecule has 9 rings (SSSR count). The van der Waals surface area contributed by atoms with E-state index in [1.54, 1.807) is 0 Å². The molecule has 0 spiro atoms. The number of ether oxygens (including phenoxy) is 1. The summed E-state index contributed by atoms with van der Waals surface area (Å²) in [5, 5.41) is 2.24. The van der Waals surface area contributed by atoms with Crippen LogP contribution in [0.1, 0.15) is 141 Å². The van der Waals surface area contributed by atoms with Crippen LogP contribution in [0.25, 0.3) is 38.8 Å². The van der Waals surface area contributed by atoms with Gasteiger partial charge in [0, 0.05) is 61.3 Å². The van der Waals surface area contributed by atoms with Crippen LogP contribution >= 0.6 is 0 Å². The van der Waals surface area contributed by atoms with Gasteiger partial charge in [-0.05, 0) is 123 Å². The molecule has 6 aromatic carbocycles. The molecule has 8 aromatic rings. The summed E-state index contributed by atoms with van der Waals surface area (Å²) in [4.78, 5) is 9.53. The van der Waals surface area contributed by atoms with Crippen molar-refractivity contribution in [2.45, 2.75) is 125 Å². The summed E-state index contributed by atoms with van der Waals surface area (Å²) in [6, 6.07) is 51.7. The predicted octanol–water partition coefficient (Wildman–Crippen LogP) is 17.4. The molecule has 3 heterocycles. The summed E-state index contributed by atoms with van der Waals surface area (Å²) in [5.41, 5.74) is 15.3. The molecule has 0 aliphatic carbocycles. The van der Waals surface area contributed by atoms with Crippen molar-refractivity contribution in [1.82, 2.24) is 9.55 Å². The van der Waals surface area contributed by atoms with Crippen molar-refractivity contribution in [3.8, 4) is 28.4 Å². The second-order valence-corrected chi connectivity index (χ2v) is 20.5. The van der Waals surface area contributed by atoms with Crippen LogP contribution in [0.2, 0.25) is 0 Å². The molecule has 0 bridgehead atoms. The summed E-state index contributed by atoms with van der Waals surface area (Å²) in [6.07, 6.45) is 4.07. The Morgan fingerprint density at radius 3 is 1.96 bits per heavy atom. The predicted molar refractivity (Wildman–Crippen MR) is 279 cm³/mol. The summed E-state index contributed by atoms with van der Waals surface area (Å²) in [5.74, 6) is 3.11. The van der Waals surface area contributed by atoms with Crippen LogP contribution in [-0.4, -0.2) is 9.55 Å². The molecule has 348 valence electrons. The van der Waals surface area contributed by atoms with Gasteiger partial charge in [-0.2, -0.15) is 6.07 Å². The Kier molecular flexibility index (Phi) is 13.4. The van der Waals surface area contributed by atoms with Crippen LogP contribution in [0.15, 0.2) is 128 Å². The molecule has 0 amide bonds. The second kappa shape index (κ2) is 18.8. The summed E-state index contributed by atoms with van der Waals surface area (Å²) in [6.45, 7) is 29.8. The Morgan fingerprint density at radius 2 is 1.30 bits per heavy atom. The van der Waals surface area contributed by atoms with Crippen molar-refractivity contribution in [2.75, 3.05) is 9.80 Å². The number of fused-ring (bicyclic) bond motifs is 4. The van der Waals surface area contributed by atoms with E-state index < -0.39 is 0 Å². The number of hydrogen-bond donors (Lipinski definition) is 0.